The molecule has 1 atom stereocenters. The summed E-state index contributed by atoms with van der Waals surface area (Å²) in [4.78, 5) is 30.2. The number of anilines is 1. The number of allylic oxidation sites excluding steroid dienone is 1. The predicted octanol–water partition coefficient (Wildman–Crippen LogP) is 6.97. The van der Waals surface area contributed by atoms with Gasteiger partial charge in [0.05, 0.1) is 46.8 Å². The zero-order chi connectivity index (χ0) is 28.2. The molecule has 0 saturated heterocycles. The van der Waals surface area contributed by atoms with Gasteiger partial charge in [-0.3, -0.25) is 4.90 Å². The molecule has 0 aliphatic carbocycles. The van der Waals surface area contributed by atoms with Crippen LogP contribution in [-0.2, 0) is 22.3 Å². The quantitative estimate of drug-likeness (QED) is 0.218. The highest BCUT2D eigenvalue weighted by Gasteiger charge is 2.44. The molecule has 0 fully saturated rings. The number of carbonyl (C=O) groups excluding carboxylic acids is 2. The fourth-order valence-corrected chi connectivity index (χ4v) is 5.02. The maximum absolute atomic E-state index is 14.2. The van der Waals surface area contributed by atoms with Crippen LogP contribution in [0.5, 0.6) is 0 Å². The molecule has 39 heavy (non-hydrogen) atoms. The largest absolute Gasteiger partial charge is 0.463 e. The van der Waals surface area contributed by atoms with Crippen LogP contribution in [0.25, 0.3) is 0 Å². The first kappa shape index (κ1) is 27.9. The summed E-state index contributed by atoms with van der Waals surface area (Å²) < 4.78 is 46.2. The lowest BCUT2D eigenvalue weighted by Crippen LogP contribution is -2.51. The molecule has 3 aromatic rings. The van der Waals surface area contributed by atoms with Crippen LogP contribution in [0, 0.1) is 11.3 Å². The van der Waals surface area contributed by atoms with E-state index in [1.165, 1.54) is 17.0 Å². The van der Waals surface area contributed by atoms with Gasteiger partial charge in [-0.15, -0.1) is 0 Å². The number of halogens is 4. The third kappa shape index (κ3) is 5.83. The predicted molar refractivity (Wildman–Crippen MR) is 143 cm³/mol. The summed E-state index contributed by atoms with van der Waals surface area (Å²) in [5.74, 6) is -0.705. The number of nitrogens with zero attached hydrogens (tertiary/aromatic N) is 3. The van der Waals surface area contributed by atoms with Crippen molar-refractivity contribution in [1.82, 2.24) is 4.90 Å². The normalized spacial score (nSPS) is 15.8. The lowest BCUT2D eigenvalue weighted by molar-refractivity contribution is -0.139. The van der Waals surface area contributed by atoms with Crippen molar-refractivity contribution in [2.75, 3.05) is 16.8 Å². The number of amides is 2. The first-order chi connectivity index (χ1) is 18.7. The average molecular weight is 598 g/mol. The Morgan fingerprint density at radius 3 is 2.33 bits per heavy atom. The van der Waals surface area contributed by atoms with Gasteiger partial charge in [0.15, 0.2) is 0 Å². The number of carbonyl (C=O) groups is 2. The first-order valence-corrected chi connectivity index (χ1v) is 13.1. The Morgan fingerprint density at radius 2 is 1.74 bits per heavy atom. The van der Waals surface area contributed by atoms with Crippen molar-refractivity contribution in [3.8, 4) is 6.07 Å². The van der Waals surface area contributed by atoms with Crippen LogP contribution in [0.15, 0.2) is 90.1 Å². The van der Waals surface area contributed by atoms with Gasteiger partial charge >= 0.3 is 18.2 Å². The zero-order valence-electron chi connectivity index (χ0n) is 20.8. The summed E-state index contributed by atoms with van der Waals surface area (Å²) in [5.41, 5.74) is 0.986. The summed E-state index contributed by atoms with van der Waals surface area (Å²) in [5, 5.41) is 9.25. The van der Waals surface area contributed by atoms with Crippen LogP contribution in [0.4, 0.5) is 23.7 Å². The number of alkyl halides is 4. The minimum Gasteiger partial charge on any atom is -0.463 e. The van der Waals surface area contributed by atoms with E-state index in [4.69, 9.17) is 4.74 Å². The lowest BCUT2D eigenvalue weighted by Gasteiger charge is -2.43. The fraction of sp³-hybridized carbons (Fsp3) is 0.207. The molecular formula is C29H23BrF3N3O3. The van der Waals surface area contributed by atoms with Gasteiger partial charge in [-0.2, -0.15) is 18.4 Å². The van der Waals surface area contributed by atoms with Crippen molar-refractivity contribution in [1.29, 1.82) is 5.26 Å². The third-order valence-corrected chi connectivity index (χ3v) is 6.74. The molecule has 1 aliphatic rings. The summed E-state index contributed by atoms with van der Waals surface area (Å²) in [7, 11) is 0. The number of ether oxygens (including phenoxy) is 1. The van der Waals surface area contributed by atoms with Crippen LogP contribution in [0.3, 0.4) is 0 Å². The van der Waals surface area contributed by atoms with E-state index in [0.717, 1.165) is 22.6 Å². The lowest BCUT2D eigenvalue weighted by atomic mass is 9.91. The second kappa shape index (κ2) is 11.7. The number of nitriles is 1. The molecule has 0 N–H and O–H groups in total. The Balaban J connectivity index is 1.99. The molecule has 0 unspecified atom stereocenters. The summed E-state index contributed by atoms with van der Waals surface area (Å²) in [6, 6.07) is 20.4. The minimum atomic E-state index is -4.63. The van der Waals surface area contributed by atoms with Gasteiger partial charge in [0.25, 0.3) is 0 Å². The maximum atomic E-state index is 14.2. The smallest absolute Gasteiger partial charge is 0.416 e. The van der Waals surface area contributed by atoms with Crippen LogP contribution in [0.1, 0.15) is 35.2 Å². The molecule has 0 bridgehead atoms. The Hall–Kier alpha value is -4.10. The molecule has 0 radical (unpaired) electrons. The van der Waals surface area contributed by atoms with Crippen molar-refractivity contribution in [3.63, 3.8) is 0 Å². The summed E-state index contributed by atoms with van der Waals surface area (Å²) in [6.45, 7) is 1.75. The number of esters is 1. The van der Waals surface area contributed by atoms with E-state index in [-0.39, 0.29) is 35.4 Å². The van der Waals surface area contributed by atoms with Gasteiger partial charge in [0.1, 0.15) is 0 Å². The standard InChI is InChI=1S/C29H23BrF3N3O3/c1-2-39-27(37)25-24(16-30)36(23-10-6-9-22(15-23)29(31,32)33)28(38)35(18-20-7-4-3-5-8-20)26(25)21-13-11-19(17-34)12-14-21/h3-15,26H,2,16,18H2,1H3/t26-/m1/s1. The van der Waals surface area contributed by atoms with Crippen LogP contribution in [-0.4, -0.2) is 28.8 Å². The second-order valence-electron chi connectivity index (χ2n) is 8.63. The highest BCUT2D eigenvalue weighted by atomic mass is 79.9. The highest BCUT2D eigenvalue weighted by Crippen LogP contribution is 2.42. The van der Waals surface area contributed by atoms with Gasteiger partial charge in [-0.25, -0.2) is 9.59 Å². The van der Waals surface area contributed by atoms with Gasteiger partial charge in [-0.05, 0) is 48.4 Å². The van der Waals surface area contributed by atoms with Crippen molar-refractivity contribution in [2.45, 2.75) is 25.7 Å². The molecular weight excluding hydrogens is 575 g/mol. The van der Waals surface area contributed by atoms with Crippen LogP contribution < -0.4 is 4.90 Å². The van der Waals surface area contributed by atoms with Gasteiger partial charge in [0, 0.05) is 11.9 Å². The monoisotopic (exact) mass is 597 g/mol. The van der Waals surface area contributed by atoms with Crippen molar-refractivity contribution < 1.29 is 27.5 Å². The Kier molecular flexibility index (Phi) is 8.41. The van der Waals surface area contributed by atoms with Crippen LogP contribution >= 0.6 is 15.9 Å². The van der Waals surface area contributed by atoms with Gasteiger partial charge < -0.3 is 9.64 Å². The average Bonchev–Trinajstić information content (AvgIpc) is 2.94. The van der Waals surface area contributed by atoms with E-state index in [1.807, 2.05) is 24.3 Å². The summed E-state index contributed by atoms with van der Waals surface area (Å²) >= 11 is 3.36. The molecule has 1 heterocycles. The fourth-order valence-electron chi connectivity index (χ4n) is 4.47. The van der Waals surface area contributed by atoms with E-state index in [2.05, 4.69) is 15.9 Å². The topological polar surface area (TPSA) is 73.6 Å². The molecule has 10 heteroatoms. The zero-order valence-corrected chi connectivity index (χ0v) is 22.4. The van der Waals surface area contributed by atoms with E-state index in [1.54, 1.807) is 43.3 Å². The molecule has 0 saturated carbocycles. The molecule has 200 valence electrons. The number of urea groups is 1. The Labute approximate surface area is 232 Å². The Bertz CT molecular complexity index is 1430. The second-order valence-corrected chi connectivity index (χ2v) is 9.19. The minimum absolute atomic E-state index is 0.0188. The molecule has 2 amide bonds. The summed E-state index contributed by atoms with van der Waals surface area (Å²) in [6.07, 6.45) is -4.63. The van der Waals surface area contributed by atoms with Gasteiger partial charge in [0.2, 0.25) is 0 Å². The van der Waals surface area contributed by atoms with E-state index >= 15 is 0 Å². The van der Waals surface area contributed by atoms with Crippen molar-refractivity contribution >= 4 is 33.6 Å². The van der Waals surface area contributed by atoms with E-state index in [9.17, 15) is 28.0 Å². The molecule has 0 aromatic heterocycles. The van der Waals surface area contributed by atoms with E-state index < -0.39 is 29.8 Å². The number of benzene rings is 3. The number of hydrogen-bond donors (Lipinski definition) is 0. The van der Waals surface area contributed by atoms with Crippen LogP contribution in [0.2, 0.25) is 0 Å². The van der Waals surface area contributed by atoms with E-state index in [0.29, 0.717) is 11.1 Å². The number of rotatable bonds is 7. The molecule has 3 aromatic carbocycles. The third-order valence-electron chi connectivity index (χ3n) is 6.21. The molecule has 0 spiro atoms. The molecule has 6 nitrogen and oxygen atoms in total. The van der Waals surface area contributed by atoms with Gasteiger partial charge in [-0.1, -0.05) is 64.5 Å². The molecule has 4 rings (SSSR count). The van der Waals surface area contributed by atoms with Crippen molar-refractivity contribution in [3.05, 3.63) is 112 Å². The van der Waals surface area contributed by atoms with Crippen molar-refractivity contribution in [2.24, 2.45) is 0 Å². The maximum Gasteiger partial charge on any atom is 0.416 e. The Morgan fingerprint density at radius 1 is 1.05 bits per heavy atom. The highest BCUT2D eigenvalue weighted by molar-refractivity contribution is 9.09. The first-order valence-electron chi connectivity index (χ1n) is 12.0. The SMILES string of the molecule is CCOC(=O)C1=C(CBr)N(c2cccc(C(F)(F)F)c2)C(=O)N(Cc2ccccc2)[C@@H]1c1ccc(C#N)cc1. The number of hydrogen-bond acceptors (Lipinski definition) is 4. The molecule has 1 aliphatic heterocycles.